The molecule has 17 nitrogen and oxygen atoms in total. The number of hydrazine groups is 1. The number of aromatic amines is 1. The van der Waals surface area contributed by atoms with Gasteiger partial charge in [0.05, 0.1) is 39.3 Å². The molecule has 2 aromatic heterocycles. The monoisotopic (exact) mass is 872 g/mol. The largest absolute Gasteiger partial charge is 0.497 e. The highest BCUT2D eigenvalue weighted by atomic mass is 31.2. The van der Waals surface area contributed by atoms with Gasteiger partial charge in [0, 0.05) is 37.4 Å². The molecule has 0 unspecified atom stereocenters. The Kier molecular flexibility index (Phi) is 16.7. The number of methoxy groups -OCH3 is 2. The molecule has 3 aromatic carbocycles. The zero-order valence-electron chi connectivity index (χ0n) is 36.3. The van der Waals surface area contributed by atoms with Crippen molar-refractivity contribution in [2.24, 2.45) is 5.92 Å². The number of carbonyl (C=O) groups excluding carboxylic acids is 1. The molecular formula is C44H57N8O9P. The Morgan fingerprint density at radius 3 is 2.03 bits per heavy atom. The Hall–Kier alpha value is -5.28. The van der Waals surface area contributed by atoms with Crippen LogP contribution in [0.5, 0.6) is 11.5 Å². The molecule has 1 amide bonds. The molecular weight excluding hydrogens is 816 g/mol. The molecule has 0 aliphatic carbocycles. The number of anilines is 1. The molecule has 0 bridgehead atoms. The van der Waals surface area contributed by atoms with Crippen LogP contribution in [0.25, 0.3) is 11.2 Å². The molecule has 5 N–H and O–H groups in total. The van der Waals surface area contributed by atoms with Gasteiger partial charge in [0.1, 0.15) is 29.4 Å². The van der Waals surface area contributed by atoms with Gasteiger partial charge in [-0.1, -0.05) is 68.4 Å². The van der Waals surface area contributed by atoms with Gasteiger partial charge in [0.25, 0.3) is 14.1 Å². The van der Waals surface area contributed by atoms with Crippen LogP contribution in [0.4, 0.5) is 5.95 Å². The molecule has 1 aliphatic heterocycles. The molecule has 5 aromatic rings. The Balaban J connectivity index is 0.000000414. The summed E-state index contributed by atoms with van der Waals surface area (Å²) in [5.41, 5.74) is 1.28. The lowest BCUT2D eigenvalue weighted by molar-refractivity contribution is -0.118. The van der Waals surface area contributed by atoms with Crippen LogP contribution in [0.15, 0.2) is 90.0 Å². The van der Waals surface area contributed by atoms with Crippen LogP contribution < -0.4 is 20.3 Å². The number of fused-ring (bicyclic) bond motifs is 1. The second-order valence-electron chi connectivity index (χ2n) is 15.5. The zero-order valence-corrected chi connectivity index (χ0v) is 37.2. The van der Waals surface area contributed by atoms with E-state index in [0.29, 0.717) is 18.0 Å². The van der Waals surface area contributed by atoms with Crippen molar-refractivity contribution in [3.63, 3.8) is 0 Å². The quantitative estimate of drug-likeness (QED) is 0.0422. The van der Waals surface area contributed by atoms with E-state index >= 15 is 0 Å². The predicted octanol–water partition coefficient (Wildman–Crippen LogP) is 5.84. The van der Waals surface area contributed by atoms with Crippen LogP contribution in [0.3, 0.4) is 0 Å². The topological polar surface area (TPSA) is 221 Å². The molecule has 1 saturated heterocycles. The number of nitrogens with zero attached hydrogens (tertiary/aromatic N) is 6. The minimum atomic E-state index is -2.17. The maximum atomic E-state index is 12.8. The first-order valence-electron chi connectivity index (χ1n) is 20.3. The Bertz CT molecular complexity index is 2240. The number of nitrogens with one attached hydrogen (secondary N) is 2. The molecule has 1 fully saturated rings. The number of aliphatic hydroxyl groups is 1. The number of nitriles is 1. The smallest absolute Gasteiger partial charge is 0.280 e. The molecule has 18 heteroatoms. The third kappa shape index (κ3) is 11.0. The second kappa shape index (κ2) is 21.7. The fourth-order valence-electron chi connectivity index (χ4n) is 7.35. The number of ether oxygens (including phenoxy) is 4. The third-order valence-corrected chi connectivity index (χ3v) is 11.1. The number of imidazole rings is 1. The summed E-state index contributed by atoms with van der Waals surface area (Å²) in [6.45, 7) is 11.8. The predicted molar refractivity (Wildman–Crippen MR) is 235 cm³/mol. The van der Waals surface area contributed by atoms with E-state index in [-0.39, 0.29) is 60.5 Å². The van der Waals surface area contributed by atoms with Gasteiger partial charge < -0.3 is 33.8 Å². The van der Waals surface area contributed by atoms with Crippen LogP contribution in [-0.4, -0.2) is 102 Å². The molecule has 3 heterocycles. The Labute approximate surface area is 362 Å². The van der Waals surface area contributed by atoms with Crippen LogP contribution >= 0.6 is 8.53 Å². The number of H-pyrrole nitrogens is 1. The molecule has 1 aliphatic rings. The van der Waals surface area contributed by atoms with Gasteiger partial charge >= 0.3 is 0 Å². The van der Waals surface area contributed by atoms with Gasteiger partial charge in [-0.25, -0.2) is 9.99 Å². The number of carbonyl (C=O) groups is 1. The van der Waals surface area contributed by atoms with E-state index < -0.39 is 38.1 Å². The lowest BCUT2D eigenvalue weighted by atomic mass is 9.80. The minimum absolute atomic E-state index is 0.00741. The van der Waals surface area contributed by atoms with Crippen molar-refractivity contribution in [3.8, 4) is 17.6 Å². The van der Waals surface area contributed by atoms with E-state index in [1.54, 1.807) is 32.6 Å². The van der Waals surface area contributed by atoms with Gasteiger partial charge in [-0.2, -0.15) is 15.0 Å². The normalized spacial score (nSPS) is 16.6. The van der Waals surface area contributed by atoms with E-state index in [1.807, 2.05) is 118 Å². The van der Waals surface area contributed by atoms with Crippen molar-refractivity contribution in [1.82, 2.24) is 29.3 Å². The van der Waals surface area contributed by atoms with Crippen LogP contribution in [0, 0.1) is 17.2 Å². The molecule has 3 atom stereocenters. The number of rotatable bonds is 17. The number of aromatic nitrogens is 4. The summed E-state index contributed by atoms with van der Waals surface area (Å²) in [4.78, 5) is 54.9. The summed E-state index contributed by atoms with van der Waals surface area (Å²) in [5.74, 6) is 0.810. The standard InChI is InChI=1S/C35H37N5O7.C9H20N3O2P/c1-21(2)32(42)38-34-37-31-30(33(43)39-34)36-20-40(31)29-18-27(41)28(47-29)19-46-35(22-8-6-5-7-9-22,23-10-14-25(44-3)15-11-23)24-12-16-26(45-4)17-13-24;1-8(2)12(9(3)4)11(15(13)14)7-5-6-10/h5-17,20-21,27-29,41H,18-19H2,1-4H3,(H2,37,38,39,42,43);8-9,13-14H,5,7H2,1-4H3/t27-,28+,29+;/m0./s1. The van der Waals surface area contributed by atoms with E-state index in [4.69, 9.17) is 24.2 Å². The summed E-state index contributed by atoms with van der Waals surface area (Å²) in [6.07, 6.45) is -0.399. The number of aliphatic hydroxyl groups excluding tert-OH is 1. The fraction of sp³-hybridized carbons (Fsp3) is 0.432. The summed E-state index contributed by atoms with van der Waals surface area (Å²) in [5, 5.41) is 24.3. The van der Waals surface area contributed by atoms with Crippen molar-refractivity contribution in [1.29, 1.82) is 5.26 Å². The number of hydrogen-bond donors (Lipinski definition) is 5. The lowest BCUT2D eigenvalue weighted by Gasteiger charge is -2.40. The highest BCUT2D eigenvalue weighted by molar-refractivity contribution is 7.42. The number of hydrogen-bond acceptors (Lipinski definition) is 14. The summed E-state index contributed by atoms with van der Waals surface area (Å²) in [6, 6.07) is 27.6. The first-order valence-corrected chi connectivity index (χ1v) is 21.5. The lowest BCUT2D eigenvalue weighted by Crippen LogP contribution is -2.48. The van der Waals surface area contributed by atoms with Crippen molar-refractivity contribution in [3.05, 3.63) is 112 Å². The number of amides is 1. The van der Waals surface area contributed by atoms with Crippen molar-refractivity contribution < 1.29 is 38.6 Å². The van der Waals surface area contributed by atoms with E-state index in [9.17, 15) is 24.5 Å². The van der Waals surface area contributed by atoms with E-state index in [2.05, 4.69) is 20.3 Å². The first-order chi connectivity index (χ1) is 29.6. The molecule has 0 saturated carbocycles. The minimum Gasteiger partial charge on any atom is -0.497 e. The van der Waals surface area contributed by atoms with Gasteiger partial charge in [-0.15, -0.1) is 0 Å². The van der Waals surface area contributed by atoms with Crippen molar-refractivity contribution in [2.45, 2.75) is 90.5 Å². The molecule has 0 radical (unpaired) electrons. The third-order valence-electron chi connectivity index (χ3n) is 10.3. The van der Waals surface area contributed by atoms with E-state index in [1.165, 1.54) is 11.1 Å². The summed E-state index contributed by atoms with van der Waals surface area (Å²) >= 11 is 0. The van der Waals surface area contributed by atoms with Crippen molar-refractivity contribution >= 4 is 31.5 Å². The van der Waals surface area contributed by atoms with Crippen molar-refractivity contribution in [2.75, 3.05) is 32.7 Å². The first kappa shape index (κ1) is 47.8. The highest BCUT2D eigenvalue weighted by Gasteiger charge is 2.42. The van der Waals surface area contributed by atoms with Gasteiger partial charge in [-0.3, -0.25) is 24.5 Å². The number of benzene rings is 3. The maximum Gasteiger partial charge on any atom is 0.280 e. The second-order valence-corrected chi connectivity index (χ2v) is 16.5. The van der Waals surface area contributed by atoms with Crippen LogP contribution in [0.2, 0.25) is 0 Å². The highest BCUT2D eigenvalue weighted by Crippen LogP contribution is 2.43. The van der Waals surface area contributed by atoms with Gasteiger partial charge in [0.15, 0.2) is 11.2 Å². The Morgan fingerprint density at radius 2 is 1.53 bits per heavy atom. The zero-order chi connectivity index (χ0) is 45.1. The summed E-state index contributed by atoms with van der Waals surface area (Å²) in [7, 11) is 1.06. The van der Waals surface area contributed by atoms with E-state index in [0.717, 1.165) is 16.7 Å². The fourth-order valence-corrected chi connectivity index (χ4v) is 8.23. The van der Waals surface area contributed by atoms with Crippen LogP contribution in [-0.2, 0) is 19.9 Å². The van der Waals surface area contributed by atoms with Gasteiger partial charge in [-0.05, 0) is 68.7 Å². The molecule has 0 spiro atoms. The molecule has 62 heavy (non-hydrogen) atoms. The molecule has 6 rings (SSSR count). The maximum absolute atomic E-state index is 12.8. The SMILES string of the molecule is CC(C)N(C(C)C)N(CCC#N)P(O)O.COc1ccc(C(OC[C@H]2O[C@@H](n3cnc4c(=O)[nH]c(NC(=O)C(C)C)nc43)C[C@@H]2O)(c2ccccc2)c2ccc(OC)cc2)cc1. The average Bonchev–Trinajstić information content (AvgIpc) is 3.86. The summed E-state index contributed by atoms with van der Waals surface area (Å²) < 4.78 is 27.3. The molecule has 332 valence electrons. The Morgan fingerprint density at radius 1 is 0.968 bits per heavy atom. The average molecular weight is 873 g/mol. The van der Waals surface area contributed by atoms with Gasteiger partial charge in [0.2, 0.25) is 11.9 Å². The van der Waals surface area contributed by atoms with Crippen LogP contribution in [0.1, 0.15) is 77.3 Å².